The van der Waals surface area contributed by atoms with Crippen LogP contribution in [0.3, 0.4) is 0 Å². The smallest absolute Gasteiger partial charge is 0.368 e. The van der Waals surface area contributed by atoms with E-state index in [1.165, 1.54) is 12.1 Å². The van der Waals surface area contributed by atoms with Crippen molar-refractivity contribution in [1.29, 1.82) is 0 Å². The number of benzene rings is 2. The average molecular weight is 503 g/mol. The minimum absolute atomic E-state index is 0.0473. The van der Waals surface area contributed by atoms with E-state index in [1.807, 2.05) is 12.1 Å². The molecule has 1 amide bonds. The lowest BCUT2D eigenvalue weighted by molar-refractivity contribution is -0.142. The van der Waals surface area contributed by atoms with Gasteiger partial charge in [0.05, 0.1) is 11.4 Å². The summed E-state index contributed by atoms with van der Waals surface area (Å²) < 4.78 is 54.6. The van der Waals surface area contributed by atoms with E-state index in [0.29, 0.717) is 43.9 Å². The van der Waals surface area contributed by atoms with Crippen molar-refractivity contribution in [2.75, 3.05) is 36.8 Å². The average Bonchev–Trinajstić information content (AvgIpc) is 2.86. The highest BCUT2D eigenvalue weighted by atomic mass is 32.2. The van der Waals surface area contributed by atoms with Crippen LogP contribution in [0, 0.1) is 5.82 Å². The fraction of sp³-hybridized carbons (Fsp3) is 0.320. The summed E-state index contributed by atoms with van der Waals surface area (Å²) in [5, 5.41) is -0.0499. The molecule has 2 aliphatic rings. The third-order valence-electron chi connectivity index (χ3n) is 6.32. The molecule has 5 nitrogen and oxygen atoms in total. The summed E-state index contributed by atoms with van der Waals surface area (Å²) >= 11 is 0.930. The van der Waals surface area contributed by atoms with Crippen molar-refractivity contribution in [3.8, 4) is 11.3 Å². The van der Waals surface area contributed by atoms with Crippen LogP contribution in [0.1, 0.15) is 16.8 Å². The first kappa shape index (κ1) is 23.6. The molecule has 1 aliphatic heterocycles. The molecule has 35 heavy (non-hydrogen) atoms. The van der Waals surface area contributed by atoms with Gasteiger partial charge in [0.15, 0.2) is 10.9 Å². The number of thioether (sulfide) groups is 1. The number of rotatable bonds is 4. The Labute approximate surface area is 204 Å². The zero-order chi connectivity index (χ0) is 24.6. The molecule has 0 unspecified atom stereocenters. The van der Waals surface area contributed by atoms with Gasteiger partial charge in [0, 0.05) is 43.0 Å². The molecular weight excluding hydrogens is 480 g/mol. The number of hydrogen-bond acceptors (Lipinski definition) is 5. The Balaban J connectivity index is 1.29. The number of alkyl halides is 3. The van der Waals surface area contributed by atoms with Gasteiger partial charge in [-0.1, -0.05) is 36.0 Å². The number of hydrogen-bond donors (Lipinski definition) is 0. The van der Waals surface area contributed by atoms with Crippen molar-refractivity contribution in [3.63, 3.8) is 0 Å². The van der Waals surface area contributed by atoms with Gasteiger partial charge < -0.3 is 9.80 Å². The lowest BCUT2D eigenvalue weighted by atomic mass is 9.88. The standard InChI is InChI=1S/C25H22F4N4OS/c26-17-6-8-18(9-7-17)32-11-13-33(14-12-32)21(34)15-35-24-30-22-19-4-2-1-3-16(19)5-10-20(22)23(31-24)25(27,28)29/h1-4,6-9H,5,10-15H2. The molecule has 1 aliphatic carbocycles. The molecule has 1 aromatic heterocycles. The van der Waals surface area contributed by atoms with Crippen molar-refractivity contribution in [2.45, 2.75) is 24.2 Å². The number of carbonyl (C=O) groups excluding carboxylic acids is 1. The van der Waals surface area contributed by atoms with Crippen molar-refractivity contribution in [3.05, 3.63) is 71.2 Å². The molecular formula is C25H22F4N4OS. The first-order valence-corrected chi connectivity index (χ1v) is 12.3. The molecule has 0 bridgehead atoms. The fourth-order valence-corrected chi connectivity index (χ4v) is 5.28. The zero-order valence-electron chi connectivity index (χ0n) is 18.7. The molecule has 3 aromatic rings. The van der Waals surface area contributed by atoms with Gasteiger partial charge >= 0.3 is 6.18 Å². The predicted octanol–water partition coefficient (Wildman–Crippen LogP) is 4.84. The highest BCUT2D eigenvalue weighted by molar-refractivity contribution is 7.99. The second kappa shape index (κ2) is 9.49. The third kappa shape index (κ3) is 4.98. The van der Waals surface area contributed by atoms with E-state index in [4.69, 9.17) is 0 Å². The number of halogens is 4. The Morgan fingerprint density at radius 3 is 2.37 bits per heavy atom. The van der Waals surface area contributed by atoms with E-state index in [-0.39, 0.29) is 34.6 Å². The fourth-order valence-electron chi connectivity index (χ4n) is 4.53. The van der Waals surface area contributed by atoms with Crippen molar-refractivity contribution in [2.24, 2.45) is 0 Å². The summed E-state index contributed by atoms with van der Waals surface area (Å²) in [6.45, 7) is 2.13. The summed E-state index contributed by atoms with van der Waals surface area (Å²) in [6, 6.07) is 13.5. The highest BCUT2D eigenvalue weighted by Crippen LogP contribution is 2.40. The van der Waals surface area contributed by atoms with E-state index in [9.17, 15) is 22.4 Å². The molecule has 0 saturated carbocycles. The maximum Gasteiger partial charge on any atom is 0.433 e. The van der Waals surface area contributed by atoms with E-state index in [0.717, 1.165) is 23.0 Å². The summed E-state index contributed by atoms with van der Waals surface area (Å²) in [5.41, 5.74) is 2.03. The second-order valence-electron chi connectivity index (χ2n) is 8.47. The molecule has 0 spiro atoms. The van der Waals surface area contributed by atoms with Gasteiger partial charge in [0.25, 0.3) is 0 Å². The number of aromatic nitrogens is 2. The van der Waals surface area contributed by atoms with Crippen molar-refractivity contribution < 1.29 is 22.4 Å². The summed E-state index contributed by atoms with van der Waals surface area (Å²) in [7, 11) is 0. The van der Waals surface area contributed by atoms with Gasteiger partial charge in [-0.25, -0.2) is 14.4 Å². The van der Waals surface area contributed by atoms with E-state index < -0.39 is 11.9 Å². The van der Waals surface area contributed by atoms with Crippen LogP contribution in [-0.2, 0) is 23.8 Å². The van der Waals surface area contributed by atoms with Gasteiger partial charge in [-0.15, -0.1) is 0 Å². The first-order chi connectivity index (χ1) is 16.8. The molecule has 182 valence electrons. The maximum absolute atomic E-state index is 13.8. The lowest BCUT2D eigenvalue weighted by Gasteiger charge is -2.36. The first-order valence-electron chi connectivity index (χ1n) is 11.3. The number of carbonyl (C=O) groups is 1. The van der Waals surface area contributed by atoms with Gasteiger partial charge in [-0.2, -0.15) is 13.2 Å². The monoisotopic (exact) mass is 502 g/mol. The lowest BCUT2D eigenvalue weighted by Crippen LogP contribution is -2.49. The highest BCUT2D eigenvalue weighted by Gasteiger charge is 2.39. The Kier molecular flexibility index (Phi) is 6.39. The number of amides is 1. The summed E-state index contributed by atoms with van der Waals surface area (Å²) in [5.74, 6) is -0.529. The Hall–Kier alpha value is -3.14. The quantitative estimate of drug-likeness (QED) is 0.290. The van der Waals surface area contributed by atoms with Gasteiger partial charge in [0.2, 0.25) is 5.91 Å². The SMILES string of the molecule is O=C(CSc1nc2c(c(C(F)(F)F)n1)CCc1ccccc1-2)N1CCN(c2ccc(F)cc2)CC1. The van der Waals surface area contributed by atoms with Crippen LogP contribution >= 0.6 is 11.8 Å². The number of anilines is 1. The van der Waals surface area contributed by atoms with E-state index in [2.05, 4.69) is 14.9 Å². The molecule has 0 N–H and O–H groups in total. The second-order valence-corrected chi connectivity index (χ2v) is 9.41. The predicted molar refractivity (Wildman–Crippen MR) is 126 cm³/mol. The van der Waals surface area contributed by atoms with Crippen LogP contribution in [0.2, 0.25) is 0 Å². The third-order valence-corrected chi connectivity index (χ3v) is 7.15. The number of nitrogens with zero attached hydrogens (tertiary/aromatic N) is 4. The molecule has 1 fully saturated rings. The summed E-state index contributed by atoms with van der Waals surface area (Å²) in [4.78, 5) is 24.8. The van der Waals surface area contributed by atoms with Crippen LogP contribution < -0.4 is 4.90 Å². The Morgan fingerprint density at radius 1 is 0.943 bits per heavy atom. The van der Waals surface area contributed by atoms with E-state index in [1.54, 1.807) is 29.2 Å². The minimum atomic E-state index is -4.60. The molecule has 0 radical (unpaired) electrons. The van der Waals surface area contributed by atoms with Crippen LogP contribution in [0.15, 0.2) is 53.7 Å². The molecule has 2 heterocycles. The number of aryl methyl sites for hydroxylation is 1. The van der Waals surface area contributed by atoms with Crippen molar-refractivity contribution >= 4 is 23.4 Å². The number of piperazine rings is 1. The molecule has 5 rings (SSSR count). The van der Waals surface area contributed by atoms with Crippen molar-refractivity contribution in [1.82, 2.24) is 14.9 Å². The molecule has 10 heteroatoms. The zero-order valence-corrected chi connectivity index (χ0v) is 19.5. The molecule has 2 aromatic carbocycles. The topological polar surface area (TPSA) is 49.3 Å². The maximum atomic E-state index is 13.8. The van der Waals surface area contributed by atoms with Crippen LogP contribution in [0.4, 0.5) is 23.2 Å². The largest absolute Gasteiger partial charge is 0.433 e. The van der Waals surface area contributed by atoms with Gasteiger partial charge in [-0.05, 0) is 42.7 Å². The van der Waals surface area contributed by atoms with E-state index >= 15 is 0 Å². The van der Waals surface area contributed by atoms with Gasteiger partial charge in [0.1, 0.15) is 5.82 Å². The minimum Gasteiger partial charge on any atom is -0.368 e. The normalized spacial score (nSPS) is 15.5. The Bertz CT molecular complexity index is 1240. The van der Waals surface area contributed by atoms with Gasteiger partial charge in [-0.3, -0.25) is 4.79 Å². The molecule has 0 atom stereocenters. The van der Waals surface area contributed by atoms with Crippen LogP contribution in [0.5, 0.6) is 0 Å². The number of fused-ring (bicyclic) bond motifs is 3. The van der Waals surface area contributed by atoms with Crippen LogP contribution in [0.25, 0.3) is 11.3 Å². The Morgan fingerprint density at radius 2 is 1.66 bits per heavy atom. The summed E-state index contributed by atoms with van der Waals surface area (Å²) in [6.07, 6.45) is -3.87. The molecule has 1 saturated heterocycles. The van der Waals surface area contributed by atoms with Crippen LogP contribution in [-0.4, -0.2) is 52.7 Å².